The SMILES string of the molecule is O=C(CCNS(=O)(=O)c1cccc(Cl)c1)Nc1cc(Cl)ccc1OCC1CCCO1. The summed E-state index contributed by atoms with van der Waals surface area (Å²) in [5.74, 6) is 0.0933. The Hall–Kier alpha value is -1.84. The van der Waals surface area contributed by atoms with Gasteiger partial charge in [0.05, 0.1) is 16.7 Å². The number of hydrogen-bond donors (Lipinski definition) is 2. The van der Waals surface area contributed by atoms with E-state index in [1.54, 1.807) is 30.3 Å². The van der Waals surface area contributed by atoms with Crippen molar-refractivity contribution in [2.45, 2.75) is 30.3 Å². The van der Waals surface area contributed by atoms with Crippen molar-refractivity contribution in [1.29, 1.82) is 0 Å². The van der Waals surface area contributed by atoms with Crippen LogP contribution in [-0.2, 0) is 19.6 Å². The molecule has 7 nitrogen and oxygen atoms in total. The fraction of sp³-hybridized carbons (Fsp3) is 0.350. The Morgan fingerprint density at radius 2 is 1.97 bits per heavy atom. The van der Waals surface area contributed by atoms with Crippen molar-refractivity contribution in [3.8, 4) is 5.75 Å². The van der Waals surface area contributed by atoms with E-state index >= 15 is 0 Å². The number of carbonyl (C=O) groups is 1. The fourth-order valence-electron chi connectivity index (χ4n) is 2.91. The highest BCUT2D eigenvalue weighted by atomic mass is 35.5. The lowest BCUT2D eigenvalue weighted by atomic mass is 10.2. The van der Waals surface area contributed by atoms with Crippen LogP contribution in [0.2, 0.25) is 10.0 Å². The van der Waals surface area contributed by atoms with Crippen LogP contribution in [0.25, 0.3) is 0 Å². The third kappa shape index (κ3) is 6.58. The summed E-state index contributed by atoms with van der Waals surface area (Å²) in [7, 11) is -3.76. The van der Waals surface area contributed by atoms with Crippen molar-refractivity contribution in [2.24, 2.45) is 0 Å². The number of amides is 1. The van der Waals surface area contributed by atoms with Gasteiger partial charge in [-0.25, -0.2) is 13.1 Å². The molecule has 0 aromatic heterocycles. The number of nitrogens with one attached hydrogen (secondary N) is 2. The molecule has 0 spiro atoms. The van der Waals surface area contributed by atoms with E-state index in [1.165, 1.54) is 12.1 Å². The van der Waals surface area contributed by atoms with E-state index in [-0.39, 0.29) is 29.9 Å². The Morgan fingerprint density at radius 3 is 2.70 bits per heavy atom. The van der Waals surface area contributed by atoms with Crippen molar-refractivity contribution < 1.29 is 22.7 Å². The third-order valence-corrected chi connectivity index (χ3v) is 6.34. The molecule has 10 heteroatoms. The number of rotatable bonds is 9. The van der Waals surface area contributed by atoms with Crippen LogP contribution >= 0.6 is 23.2 Å². The zero-order chi connectivity index (χ0) is 21.6. The second-order valence-electron chi connectivity index (χ2n) is 6.74. The molecule has 2 aromatic rings. The van der Waals surface area contributed by atoms with E-state index in [9.17, 15) is 13.2 Å². The summed E-state index contributed by atoms with van der Waals surface area (Å²) in [5.41, 5.74) is 0.420. The third-order valence-electron chi connectivity index (χ3n) is 4.41. The van der Waals surface area contributed by atoms with Gasteiger partial charge in [-0.2, -0.15) is 0 Å². The maximum absolute atomic E-state index is 12.3. The summed E-state index contributed by atoms with van der Waals surface area (Å²) in [6.07, 6.45) is 1.90. The van der Waals surface area contributed by atoms with Crippen LogP contribution < -0.4 is 14.8 Å². The lowest BCUT2D eigenvalue weighted by molar-refractivity contribution is -0.116. The van der Waals surface area contributed by atoms with Crippen LogP contribution in [0.15, 0.2) is 47.4 Å². The highest BCUT2D eigenvalue weighted by Gasteiger charge is 2.18. The number of ether oxygens (including phenoxy) is 2. The van der Waals surface area contributed by atoms with Gasteiger partial charge in [-0.3, -0.25) is 4.79 Å². The van der Waals surface area contributed by atoms with Crippen molar-refractivity contribution >= 4 is 44.8 Å². The number of halogens is 2. The summed E-state index contributed by atoms with van der Waals surface area (Å²) in [4.78, 5) is 12.4. The molecule has 30 heavy (non-hydrogen) atoms. The molecule has 162 valence electrons. The first-order chi connectivity index (χ1) is 14.3. The quantitative estimate of drug-likeness (QED) is 0.577. The van der Waals surface area contributed by atoms with Gasteiger partial charge < -0.3 is 14.8 Å². The molecular weight excluding hydrogens is 451 g/mol. The zero-order valence-corrected chi connectivity index (χ0v) is 18.4. The minimum absolute atomic E-state index is 0.0325. The maximum Gasteiger partial charge on any atom is 0.240 e. The molecular formula is C20H22Cl2N2O5S. The predicted octanol–water partition coefficient (Wildman–Crippen LogP) is 3.86. The van der Waals surface area contributed by atoms with Crippen LogP contribution in [0, 0.1) is 0 Å². The van der Waals surface area contributed by atoms with E-state index in [2.05, 4.69) is 10.0 Å². The Balaban J connectivity index is 1.54. The number of anilines is 1. The minimum atomic E-state index is -3.76. The van der Waals surface area contributed by atoms with Crippen molar-refractivity contribution in [1.82, 2.24) is 4.72 Å². The Morgan fingerprint density at radius 1 is 1.17 bits per heavy atom. The summed E-state index contributed by atoms with van der Waals surface area (Å²) in [6, 6.07) is 10.8. The van der Waals surface area contributed by atoms with Gasteiger partial charge in [0.15, 0.2) is 0 Å². The second-order valence-corrected chi connectivity index (χ2v) is 9.38. The molecule has 0 saturated carbocycles. The Labute approximate surface area is 185 Å². The molecule has 1 amide bonds. The molecule has 1 fully saturated rings. The van der Waals surface area contributed by atoms with Crippen LogP contribution in [0.4, 0.5) is 5.69 Å². The van der Waals surface area contributed by atoms with Crippen molar-refractivity contribution in [2.75, 3.05) is 25.1 Å². The Bertz CT molecular complexity index is 994. The van der Waals surface area contributed by atoms with Crippen LogP contribution in [0.1, 0.15) is 19.3 Å². The normalized spacial score (nSPS) is 16.4. The second kappa shape index (κ2) is 10.5. The first kappa shape index (κ1) is 22.8. The molecule has 2 aromatic carbocycles. The first-order valence-corrected chi connectivity index (χ1v) is 11.7. The molecule has 0 aliphatic carbocycles. The monoisotopic (exact) mass is 472 g/mol. The molecule has 0 radical (unpaired) electrons. The summed E-state index contributed by atoms with van der Waals surface area (Å²) < 4.78 is 38.3. The molecule has 1 atom stereocenters. The summed E-state index contributed by atoms with van der Waals surface area (Å²) >= 11 is 11.9. The average Bonchev–Trinajstić information content (AvgIpc) is 3.21. The van der Waals surface area contributed by atoms with Gasteiger partial charge in [-0.15, -0.1) is 0 Å². The largest absolute Gasteiger partial charge is 0.489 e. The average molecular weight is 473 g/mol. The number of benzene rings is 2. The molecule has 2 N–H and O–H groups in total. The number of sulfonamides is 1. The van der Waals surface area contributed by atoms with E-state index in [4.69, 9.17) is 32.7 Å². The van der Waals surface area contributed by atoms with Gasteiger partial charge in [0, 0.05) is 29.6 Å². The lowest BCUT2D eigenvalue weighted by Gasteiger charge is -2.15. The molecule has 3 rings (SSSR count). The fourth-order valence-corrected chi connectivity index (χ4v) is 4.42. The van der Waals surface area contributed by atoms with Gasteiger partial charge in [-0.1, -0.05) is 29.3 Å². The van der Waals surface area contributed by atoms with E-state index in [0.29, 0.717) is 28.1 Å². The van der Waals surface area contributed by atoms with E-state index < -0.39 is 10.0 Å². The van der Waals surface area contributed by atoms with Gasteiger partial charge in [-0.05, 0) is 49.2 Å². The van der Waals surface area contributed by atoms with E-state index in [1.807, 2.05) is 0 Å². The number of hydrogen-bond acceptors (Lipinski definition) is 5. The molecule has 1 aliphatic rings. The smallest absolute Gasteiger partial charge is 0.240 e. The lowest BCUT2D eigenvalue weighted by Crippen LogP contribution is -2.28. The van der Waals surface area contributed by atoms with Crippen molar-refractivity contribution in [3.63, 3.8) is 0 Å². The van der Waals surface area contributed by atoms with Gasteiger partial charge in [0.25, 0.3) is 0 Å². The molecule has 1 heterocycles. The van der Waals surface area contributed by atoms with Gasteiger partial charge in [0.2, 0.25) is 15.9 Å². The van der Waals surface area contributed by atoms with E-state index in [0.717, 1.165) is 19.4 Å². The van der Waals surface area contributed by atoms with Crippen molar-refractivity contribution in [3.05, 3.63) is 52.5 Å². The minimum Gasteiger partial charge on any atom is -0.489 e. The number of carbonyl (C=O) groups excluding carboxylic acids is 1. The Kier molecular flexibility index (Phi) is 7.96. The summed E-state index contributed by atoms with van der Waals surface area (Å²) in [5, 5.41) is 3.47. The summed E-state index contributed by atoms with van der Waals surface area (Å²) in [6.45, 7) is 1.03. The predicted molar refractivity (Wildman–Crippen MR) is 116 cm³/mol. The topological polar surface area (TPSA) is 93.7 Å². The van der Waals surface area contributed by atoms with Crippen LogP contribution in [0.5, 0.6) is 5.75 Å². The first-order valence-electron chi connectivity index (χ1n) is 9.42. The molecule has 1 aliphatic heterocycles. The maximum atomic E-state index is 12.3. The highest BCUT2D eigenvalue weighted by molar-refractivity contribution is 7.89. The molecule has 0 bridgehead atoms. The molecule has 1 unspecified atom stereocenters. The highest BCUT2D eigenvalue weighted by Crippen LogP contribution is 2.29. The van der Waals surface area contributed by atoms with Crippen LogP contribution in [0.3, 0.4) is 0 Å². The zero-order valence-electron chi connectivity index (χ0n) is 16.1. The van der Waals surface area contributed by atoms with Crippen LogP contribution in [-0.4, -0.2) is 40.2 Å². The molecule has 1 saturated heterocycles. The van der Waals surface area contributed by atoms with Gasteiger partial charge in [0.1, 0.15) is 12.4 Å². The standard InChI is InChI=1S/C20H22Cl2N2O5S/c21-14-3-1-5-17(11-14)30(26,27)23-9-8-20(25)24-18-12-15(22)6-7-19(18)29-13-16-4-2-10-28-16/h1,3,5-7,11-12,16,23H,2,4,8-10,13H2,(H,24,25). The van der Waals surface area contributed by atoms with Gasteiger partial charge >= 0.3 is 0 Å².